The number of nitriles is 1. The largest absolute Gasteiger partial charge is 0.493 e. The second kappa shape index (κ2) is 8.59. The molecule has 5 nitrogen and oxygen atoms in total. The van der Waals surface area contributed by atoms with Crippen LogP contribution < -0.4 is 14.4 Å². The molecule has 0 radical (unpaired) electrons. The minimum absolute atomic E-state index is 0.00308. The lowest BCUT2D eigenvalue weighted by molar-refractivity contribution is 0.0999. The van der Waals surface area contributed by atoms with Gasteiger partial charge >= 0.3 is 0 Å². The first-order valence-corrected chi connectivity index (χ1v) is 7.61. The van der Waals surface area contributed by atoms with Gasteiger partial charge in [0, 0.05) is 23.9 Å². The topological polar surface area (TPSA) is 62.6 Å². The van der Waals surface area contributed by atoms with Gasteiger partial charge in [-0.1, -0.05) is 30.3 Å². The van der Waals surface area contributed by atoms with Crippen molar-refractivity contribution in [3.8, 4) is 17.6 Å². The number of nitrogens with zero attached hydrogens (tertiary/aromatic N) is 2. The van der Waals surface area contributed by atoms with Crippen LogP contribution in [0.1, 0.15) is 16.8 Å². The zero-order valence-electron chi connectivity index (χ0n) is 13.9. The maximum absolute atomic E-state index is 12.5. The van der Waals surface area contributed by atoms with Gasteiger partial charge in [0.25, 0.3) is 0 Å². The summed E-state index contributed by atoms with van der Waals surface area (Å²) in [6.45, 7) is 0.658. The highest BCUT2D eigenvalue weighted by atomic mass is 16.5. The second-order valence-electron chi connectivity index (χ2n) is 5.16. The van der Waals surface area contributed by atoms with Crippen molar-refractivity contribution in [2.24, 2.45) is 0 Å². The molecule has 124 valence electrons. The normalized spacial score (nSPS) is 9.88. The number of hydrogen-bond donors (Lipinski definition) is 0. The van der Waals surface area contributed by atoms with Gasteiger partial charge in [-0.15, -0.1) is 0 Å². The summed E-state index contributed by atoms with van der Waals surface area (Å²) in [5.41, 5.74) is 1.46. The van der Waals surface area contributed by atoms with Gasteiger partial charge in [-0.25, -0.2) is 0 Å². The van der Waals surface area contributed by atoms with E-state index in [1.807, 2.05) is 35.2 Å². The minimum Gasteiger partial charge on any atom is -0.493 e. The highest BCUT2D eigenvalue weighted by molar-refractivity contribution is 5.99. The maximum atomic E-state index is 12.5. The van der Waals surface area contributed by atoms with Crippen molar-refractivity contribution in [3.05, 3.63) is 54.1 Å². The van der Waals surface area contributed by atoms with Crippen molar-refractivity contribution >= 4 is 11.5 Å². The van der Waals surface area contributed by atoms with Crippen LogP contribution in [0.3, 0.4) is 0 Å². The number of carbonyl (C=O) groups is 1. The summed E-state index contributed by atoms with van der Waals surface area (Å²) < 4.78 is 10.6. The molecule has 0 amide bonds. The Hall–Kier alpha value is -3.00. The molecule has 2 aromatic rings. The van der Waals surface area contributed by atoms with E-state index in [1.165, 1.54) is 0 Å². The number of methoxy groups -OCH3 is 2. The molecule has 0 aliphatic heterocycles. The van der Waals surface area contributed by atoms with Gasteiger partial charge in [0.2, 0.25) is 0 Å². The minimum atomic E-state index is 0.00308. The van der Waals surface area contributed by atoms with Crippen molar-refractivity contribution in [1.82, 2.24) is 0 Å². The molecule has 0 bridgehead atoms. The van der Waals surface area contributed by atoms with Crippen LogP contribution in [0.2, 0.25) is 0 Å². The standard InChI is InChI=1S/C19H20N2O3/c1-23-18-10-9-16(13-19(18)24-2)21(12-6-11-20)14-17(22)15-7-4-3-5-8-15/h3-5,7-10,13H,6,12,14H2,1-2H3. The first kappa shape index (κ1) is 17.4. The number of hydrogen-bond acceptors (Lipinski definition) is 5. The van der Waals surface area contributed by atoms with Gasteiger partial charge in [0.1, 0.15) is 0 Å². The Bertz CT molecular complexity index is 723. The monoisotopic (exact) mass is 324 g/mol. The Morgan fingerprint density at radius 1 is 1.08 bits per heavy atom. The zero-order chi connectivity index (χ0) is 17.4. The van der Waals surface area contributed by atoms with Gasteiger partial charge < -0.3 is 14.4 Å². The highest BCUT2D eigenvalue weighted by Crippen LogP contribution is 2.31. The lowest BCUT2D eigenvalue weighted by Crippen LogP contribution is -2.30. The van der Waals surface area contributed by atoms with Crippen LogP contribution in [0.25, 0.3) is 0 Å². The average Bonchev–Trinajstić information content (AvgIpc) is 2.65. The summed E-state index contributed by atoms with van der Waals surface area (Å²) in [7, 11) is 3.14. The molecule has 0 N–H and O–H groups in total. The molecule has 0 saturated carbocycles. The van der Waals surface area contributed by atoms with Gasteiger partial charge in [-0.2, -0.15) is 5.26 Å². The van der Waals surface area contributed by atoms with Crippen molar-refractivity contribution in [1.29, 1.82) is 5.26 Å². The fourth-order valence-electron chi connectivity index (χ4n) is 2.39. The number of ketones is 1. The van der Waals surface area contributed by atoms with E-state index in [1.54, 1.807) is 32.4 Å². The van der Waals surface area contributed by atoms with Gasteiger partial charge in [0.15, 0.2) is 17.3 Å². The van der Waals surface area contributed by atoms with Crippen LogP contribution in [0, 0.1) is 11.3 Å². The number of rotatable bonds is 8. The van der Waals surface area contributed by atoms with E-state index in [2.05, 4.69) is 6.07 Å². The van der Waals surface area contributed by atoms with E-state index in [0.717, 1.165) is 5.69 Å². The van der Waals surface area contributed by atoms with E-state index in [4.69, 9.17) is 14.7 Å². The molecule has 0 heterocycles. The third kappa shape index (κ3) is 4.26. The predicted octanol–water partition coefficient (Wildman–Crippen LogP) is 3.31. The number of benzene rings is 2. The Morgan fingerprint density at radius 2 is 1.79 bits per heavy atom. The molecule has 5 heteroatoms. The van der Waals surface area contributed by atoms with E-state index < -0.39 is 0 Å². The van der Waals surface area contributed by atoms with Crippen LogP contribution >= 0.6 is 0 Å². The SMILES string of the molecule is COc1ccc(N(CCC#N)CC(=O)c2ccccc2)cc1OC. The summed E-state index contributed by atoms with van der Waals surface area (Å²) in [6, 6.07) is 16.7. The predicted molar refractivity (Wildman–Crippen MR) is 92.8 cm³/mol. The van der Waals surface area contributed by atoms with Crippen LogP contribution in [0.5, 0.6) is 11.5 Å². The maximum Gasteiger partial charge on any atom is 0.182 e. The van der Waals surface area contributed by atoms with Gasteiger partial charge in [-0.3, -0.25) is 4.79 Å². The molecule has 0 fully saturated rings. The van der Waals surface area contributed by atoms with E-state index >= 15 is 0 Å². The lowest BCUT2D eigenvalue weighted by Gasteiger charge is -2.24. The molecule has 0 atom stereocenters. The molecule has 0 unspecified atom stereocenters. The molecule has 0 saturated heterocycles. The zero-order valence-corrected chi connectivity index (χ0v) is 13.9. The summed E-state index contributed by atoms with van der Waals surface area (Å²) in [5.74, 6) is 1.21. The molecular weight excluding hydrogens is 304 g/mol. The fraction of sp³-hybridized carbons (Fsp3) is 0.263. The number of anilines is 1. The Kier molecular flexibility index (Phi) is 6.21. The lowest BCUT2D eigenvalue weighted by atomic mass is 10.1. The Labute approximate surface area is 142 Å². The Morgan fingerprint density at radius 3 is 2.42 bits per heavy atom. The highest BCUT2D eigenvalue weighted by Gasteiger charge is 2.15. The molecule has 0 spiro atoms. The first-order chi connectivity index (χ1) is 11.7. The van der Waals surface area contributed by atoms with Crippen LogP contribution in [-0.2, 0) is 0 Å². The van der Waals surface area contributed by atoms with Crippen LogP contribution in [0.4, 0.5) is 5.69 Å². The molecule has 2 rings (SSSR count). The van der Waals surface area contributed by atoms with Crippen molar-refractivity contribution < 1.29 is 14.3 Å². The third-order valence-corrected chi connectivity index (χ3v) is 3.66. The summed E-state index contributed by atoms with van der Waals surface area (Å²) >= 11 is 0. The van der Waals surface area contributed by atoms with Gasteiger partial charge in [0.05, 0.1) is 33.3 Å². The second-order valence-corrected chi connectivity index (χ2v) is 5.16. The van der Waals surface area contributed by atoms with E-state index in [0.29, 0.717) is 30.0 Å². The average molecular weight is 324 g/mol. The number of carbonyl (C=O) groups excluding carboxylic acids is 1. The third-order valence-electron chi connectivity index (χ3n) is 3.66. The van der Waals surface area contributed by atoms with Crippen molar-refractivity contribution in [2.45, 2.75) is 6.42 Å². The Balaban J connectivity index is 2.25. The van der Waals surface area contributed by atoms with Crippen LogP contribution in [-0.4, -0.2) is 33.1 Å². The number of Topliss-reactive ketones (excluding diaryl/α,β-unsaturated/α-hetero) is 1. The summed E-state index contributed by atoms with van der Waals surface area (Å²) in [6.07, 6.45) is 0.330. The summed E-state index contributed by atoms with van der Waals surface area (Å²) in [4.78, 5) is 14.4. The smallest absolute Gasteiger partial charge is 0.182 e. The molecule has 24 heavy (non-hydrogen) atoms. The quantitative estimate of drug-likeness (QED) is 0.697. The molecule has 0 aromatic heterocycles. The molecular formula is C19H20N2O3. The summed E-state index contributed by atoms with van der Waals surface area (Å²) in [5, 5.41) is 8.89. The molecule has 0 aliphatic carbocycles. The van der Waals surface area contributed by atoms with E-state index in [-0.39, 0.29) is 12.3 Å². The van der Waals surface area contributed by atoms with Gasteiger partial charge in [-0.05, 0) is 12.1 Å². The first-order valence-electron chi connectivity index (χ1n) is 7.61. The van der Waals surface area contributed by atoms with Crippen LogP contribution in [0.15, 0.2) is 48.5 Å². The van der Waals surface area contributed by atoms with Crippen molar-refractivity contribution in [3.63, 3.8) is 0 Å². The van der Waals surface area contributed by atoms with Crippen molar-refractivity contribution in [2.75, 3.05) is 32.2 Å². The fourth-order valence-corrected chi connectivity index (χ4v) is 2.39. The van der Waals surface area contributed by atoms with E-state index in [9.17, 15) is 4.79 Å². The molecule has 2 aromatic carbocycles. The number of ether oxygens (including phenoxy) is 2. The molecule has 0 aliphatic rings.